The van der Waals surface area contributed by atoms with Gasteiger partial charge in [0.15, 0.2) is 0 Å². The average Bonchev–Trinajstić information content (AvgIpc) is 2.36. The molecule has 0 aliphatic heterocycles. The molecule has 0 aliphatic carbocycles. The number of hydrogen-bond donors (Lipinski definition) is 2. The Hall–Kier alpha value is -1.00. The quantitative estimate of drug-likeness (QED) is 0.801. The van der Waals surface area contributed by atoms with Gasteiger partial charge in [-0.1, -0.05) is 20.3 Å². The van der Waals surface area contributed by atoms with E-state index in [2.05, 4.69) is 11.9 Å². The molecule has 1 aromatic rings. The first kappa shape index (κ1) is 14.1. The van der Waals surface area contributed by atoms with Crippen LogP contribution in [0.4, 0.5) is 4.39 Å². The molecule has 0 bridgehead atoms. The second-order valence-electron chi connectivity index (χ2n) is 4.36. The molecule has 2 unspecified atom stereocenters. The van der Waals surface area contributed by atoms with Crippen LogP contribution in [0.1, 0.15) is 38.8 Å². The molecule has 96 valence electrons. The second-order valence-corrected chi connectivity index (χ2v) is 4.36. The van der Waals surface area contributed by atoms with Gasteiger partial charge in [0.1, 0.15) is 11.4 Å². The number of rotatable bonds is 6. The Morgan fingerprint density at radius 3 is 2.59 bits per heavy atom. The molecule has 0 saturated carbocycles. The minimum Gasteiger partial charge on any atom is -0.383 e. The molecular formula is C13H21FN2O. The smallest absolute Gasteiger partial charge is 0.141 e. The maximum Gasteiger partial charge on any atom is 0.141 e. The molecule has 3 N–H and O–H groups in total. The number of halogens is 1. The summed E-state index contributed by atoms with van der Waals surface area (Å²) in [5.74, 6) is -0.442. The van der Waals surface area contributed by atoms with Crippen molar-refractivity contribution in [3.05, 3.63) is 29.8 Å². The van der Waals surface area contributed by atoms with Crippen molar-refractivity contribution in [3.8, 4) is 0 Å². The van der Waals surface area contributed by atoms with Crippen molar-refractivity contribution >= 4 is 0 Å². The second kappa shape index (κ2) is 6.07. The number of aromatic nitrogens is 1. The van der Waals surface area contributed by atoms with Gasteiger partial charge in [-0.05, 0) is 31.5 Å². The fourth-order valence-electron chi connectivity index (χ4n) is 2.21. The Morgan fingerprint density at radius 2 is 2.18 bits per heavy atom. The van der Waals surface area contributed by atoms with Gasteiger partial charge in [-0.15, -0.1) is 0 Å². The summed E-state index contributed by atoms with van der Waals surface area (Å²) >= 11 is 0. The lowest BCUT2D eigenvalue weighted by Gasteiger charge is -2.34. The molecule has 1 heterocycles. The summed E-state index contributed by atoms with van der Waals surface area (Å²) in [4.78, 5) is 3.99. The molecule has 0 amide bonds. The van der Waals surface area contributed by atoms with E-state index in [1.165, 1.54) is 12.1 Å². The van der Waals surface area contributed by atoms with Crippen LogP contribution >= 0.6 is 0 Å². The third-order valence-electron chi connectivity index (χ3n) is 3.31. The van der Waals surface area contributed by atoms with Gasteiger partial charge in [0.25, 0.3) is 0 Å². The Bertz CT molecular complexity index is 342. The van der Waals surface area contributed by atoms with E-state index in [-0.39, 0.29) is 5.92 Å². The lowest BCUT2D eigenvalue weighted by atomic mass is 9.79. The van der Waals surface area contributed by atoms with Gasteiger partial charge < -0.3 is 10.8 Å². The van der Waals surface area contributed by atoms with Crippen LogP contribution in [-0.4, -0.2) is 16.6 Å². The summed E-state index contributed by atoms with van der Waals surface area (Å²) in [6.07, 6.45) is 3.44. The number of aliphatic hydroxyl groups is 1. The van der Waals surface area contributed by atoms with Gasteiger partial charge in [-0.3, -0.25) is 4.98 Å². The van der Waals surface area contributed by atoms with Gasteiger partial charge >= 0.3 is 0 Å². The minimum absolute atomic E-state index is 0.0459. The van der Waals surface area contributed by atoms with Gasteiger partial charge in [-0.25, -0.2) is 4.39 Å². The summed E-state index contributed by atoms with van der Waals surface area (Å²) in [5, 5.41) is 10.7. The molecule has 1 rings (SSSR count). The summed E-state index contributed by atoms with van der Waals surface area (Å²) in [7, 11) is 0. The maximum absolute atomic E-state index is 12.8. The summed E-state index contributed by atoms with van der Waals surface area (Å²) < 4.78 is 12.8. The highest BCUT2D eigenvalue weighted by molar-refractivity contribution is 5.15. The molecular weight excluding hydrogens is 219 g/mol. The summed E-state index contributed by atoms with van der Waals surface area (Å²) in [5.41, 5.74) is 5.17. The zero-order valence-corrected chi connectivity index (χ0v) is 10.5. The van der Waals surface area contributed by atoms with Gasteiger partial charge in [0, 0.05) is 5.92 Å². The van der Waals surface area contributed by atoms with Crippen LogP contribution < -0.4 is 5.73 Å². The zero-order valence-electron chi connectivity index (χ0n) is 10.5. The predicted molar refractivity (Wildman–Crippen MR) is 65.8 cm³/mol. The highest BCUT2D eigenvalue weighted by Crippen LogP contribution is 2.34. The first-order valence-corrected chi connectivity index (χ1v) is 6.12. The van der Waals surface area contributed by atoms with Crippen LogP contribution in [0.3, 0.4) is 0 Å². The Morgan fingerprint density at radius 1 is 1.47 bits per heavy atom. The lowest BCUT2D eigenvalue weighted by Crippen LogP contribution is -2.39. The number of hydrogen-bond acceptors (Lipinski definition) is 3. The van der Waals surface area contributed by atoms with E-state index < -0.39 is 11.4 Å². The van der Waals surface area contributed by atoms with Crippen molar-refractivity contribution in [2.45, 2.75) is 38.7 Å². The van der Waals surface area contributed by atoms with Crippen molar-refractivity contribution in [2.75, 3.05) is 6.54 Å². The normalized spacial score (nSPS) is 16.5. The molecule has 0 fully saturated rings. The Balaban J connectivity index is 3.04. The third-order valence-corrected chi connectivity index (χ3v) is 3.31. The lowest BCUT2D eigenvalue weighted by molar-refractivity contribution is -0.0321. The predicted octanol–water partition coefficient (Wildman–Crippen LogP) is 2.19. The standard InChI is InChI=1S/C13H21FN2O/c1-3-5-10(8-15)13(17,4-2)12-7-6-11(14)9-16-12/h6-7,9-10,17H,3-5,8,15H2,1-2H3. The first-order chi connectivity index (χ1) is 8.08. The van der Waals surface area contributed by atoms with E-state index in [9.17, 15) is 9.50 Å². The van der Waals surface area contributed by atoms with Crippen LogP contribution in [0.25, 0.3) is 0 Å². The fourth-order valence-corrected chi connectivity index (χ4v) is 2.21. The molecule has 17 heavy (non-hydrogen) atoms. The van der Waals surface area contributed by atoms with E-state index in [4.69, 9.17) is 5.73 Å². The molecule has 0 saturated heterocycles. The molecule has 0 spiro atoms. The first-order valence-electron chi connectivity index (χ1n) is 6.12. The van der Waals surface area contributed by atoms with E-state index in [1.807, 2.05) is 6.92 Å². The molecule has 0 aliphatic rings. The van der Waals surface area contributed by atoms with Gasteiger partial charge in [0.05, 0.1) is 11.9 Å². The van der Waals surface area contributed by atoms with Crippen molar-refractivity contribution in [2.24, 2.45) is 11.7 Å². The summed E-state index contributed by atoms with van der Waals surface area (Å²) in [6.45, 7) is 4.34. The molecule has 0 radical (unpaired) electrons. The van der Waals surface area contributed by atoms with Gasteiger partial charge in [-0.2, -0.15) is 0 Å². The highest BCUT2D eigenvalue weighted by atomic mass is 19.1. The van der Waals surface area contributed by atoms with Crippen molar-refractivity contribution in [1.82, 2.24) is 4.98 Å². The maximum atomic E-state index is 12.8. The SMILES string of the molecule is CCCC(CN)C(O)(CC)c1ccc(F)cn1. The van der Waals surface area contributed by atoms with Crippen LogP contribution in [0.15, 0.2) is 18.3 Å². The van der Waals surface area contributed by atoms with E-state index in [1.54, 1.807) is 0 Å². The van der Waals surface area contributed by atoms with Crippen LogP contribution in [0, 0.1) is 11.7 Å². The highest BCUT2D eigenvalue weighted by Gasteiger charge is 2.36. The fraction of sp³-hybridized carbons (Fsp3) is 0.615. The van der Waals surface area contributed by atoms with Crippen LogP contribution in [0.2, 0.25) is 0 Å². The number of nitrogens with zero attached hydrogens (tertiary/aromatic N) is 1. The van der Waals surface area contributed by atoms with Crippen molar-refractivity contribution < 1.29 is 9.50 Å². The van der Waals surface area contributed by atoms with Gasteiger partial charge in [0.2, 0.25) is 0 Å². The molecule has 0 aromatic carbocycles. The number of pyridine rings is 1. The third kappa shape index (κ3) is 3.01. The molecule has 4 heteroatoms. The Kier molecular flexibility index (Phi) is 5.02. The van der Waals surface area contributed by atoms with Crippen LogP contribution in [-0.2, 0) is 5.60 Å². The molecule has 3 nitrogen and oxygen atoms in total. The van der Waals surface area contributed by atoms with Crippen molar-refractivity contribution in [1.29, 1.82) is 0 Å². The monoisotopic (exact) mass is 240 g/mol. The number of nitrogens with two attached hydrogens (primary N) is 1. The Labute approximate surface area is 102 Å². The van der Waals surface area contributed by atoms with Crippen LogP contribution in [0.5, 0.6) is 0 Å². The average molecular weight is 240 g/mol. The molecule has 2 atom stereocenters. The van der Waals surface area contributed by atoms with E-state index >= 15 is 0 Å². The van der Waals surface area contributed by atoms with E-state index in [0.29, 0.717) is 18.7 Å². The van der Waals surface area contributed by atoms with Crippen molar-refractivity contribution in [3.63, 3.8) is 0 Å². The minimum atomic E-state index is -1.06. The van der Waals surface area contributed by atoms with E-state index in [0.717, 1.165) is 19.0 Å². The zero-order chi connectivity index (χ0) is 12.9. The topological polar surface area (TPSA) is 59.1 Å². The summed E-state index contributed by atoms with van der Waals surface area (Å²) in [6, 6.07) is 2.86. The molecule has 1 aromatic heterocycles. The largest absolute Gasteiger partial charge is 0.383 e.